The van der Waals surface area contributed by atoms with Crippen molar-refractivity contribution in [1.29, 1.82) is 0 Å². The van der Waals surface area contributed by atoms with Gasteiger partial charge in [-0.3, -0.25) is 0 Å². The Labute approximate surface area is 79.4 Å². The van der Waals surface area contributed by atoms with Gasteiger partial charge in [-0.15, -0.1) is 0 Å². The van der Waals surface area contributed by atoms with Crippen molar-refractivity contribution >= 4 is 0 Å². The van der Waals surface area contributed by atoms with E-state index in [1.165, 1.54) is 0 Å². The molecule has 1 nitrogen and oxygen atoms in total. The molecule has 0 unspecified atom stereocenters. The molecule has 0 aliphatic heterocycles. The van der Waals surface area contributed by atoms with Crippen LogP contribution in [0.4, 0.5) is 0 Å². The summed E-state index contributed by atoms with van der Waals surface area (Å²) >= 11 is 0. The average Bonchev–Trinajstić information content (AvgIpc) is 2.49. The topological polar surface area (TPSA) is 20.2 Å². The summed E-state index contributed by atoms with van der Waals surface area (Å²) < 4.78 is 0. The molecule has 13 heavy (non-hydrogen) atoms. The van der Waals surface area contributed by atoms with Crippen molar-refractivity contribution in [2.45, 2.75) is 31.8 Å². The maximum atomic E-state index is 10.3. The van der Waals surface area contributed by atoms with Crippen LogP contribution in [0, 0.1) is 5.92 Å². The summed E-state index contributed by atoms with van der Waals surface area (Å²) in [7, 11) is 0. The molecule has 1 aromatic carbocycles. The van der Waals surface area contributed by atoms with E-state index in [1.54, 1.807) is 0 Å². The summed E-state index contributed by atoms with van der Waals surface area (Å²) in [6.45, 7) is 2.21. The third-order valence-corrected chi connectivity index (χ3v) is 3.05. The average molecular weight is 176 g/mol. The van der Waals surface area contributed by atoms with E-state index in [4.69, 9.17) is 0 Å². The Morgan fingerprint density at radius 3 is 2.54 bits per heavy atom. The van der Waals surface area contributed by atoms with Gasteiger partial charge in [0.05, 0.1) is 5.60 Å². The molecule has 0 bridgehead atoms. The van der Waals surface area contributed by atoms with Crippen molar-refractivity contribution in [1.82, 2.24) is 0 Å². The highest BCUT2D eigenvalue weighted by Crippen LogP contribution is 2.41. The van der Waals surface area contributed by atoms with Crippen LogP contribution in [-0.2, 0) is 5.60 Å². The minimum Gasteiger partial charge on any atom is -0.385 e. The lowest BCUT2D eigenvalue weighted by Crippen LogP contribution is -2.21. The summed E-state index contributed by atoms with van der Waals surface area (Å²) in [6, 6.07) is 10.0. The molecule has 1 aliphatic carbocycles. The third-order valence-electron chi connectivity index (χ3n) is 3.05. The minimum absolute atomic E-state index is 0.541. The second kappa shape index (κ2) is 3.15. The van der Waals surface area contributed by atoms with Crippen LogP contribution in [0.1, 0.15) is 31.7 Å². The summed E-state index contributed by atoms with van der Waals surface area (Å²) in [5.41, 5.74) is 0.542. The molecule has 0 aromatic heterocycles. The van der Waals surface area contributed by atoms with Crippen LogP contribution in [0.15, 0.2) is 30.3 Å². The summed E-state index contributed by atoms with van der Waals surface area (Å²) in [6.07, 6.45) is 2.97. The van der Waals surface area contributed by atoms with E-state index in [0.29, 0.717) is 5.92 Å². The molecule has 1 aromatic rings. The molecular formula is C12H16O. The quantitative estimate of drug-likeness (QED) is 0.697. The van der Waals surface area contributed by atoms with Gasteiger partial charge in [-0.05, 0) is 30.7 Å². The molecule has 1 N–H and O–H groups in total. The molecule has 2 rings (SSSR count). The van der Waals surface area contributed by atoms with Crippen molar-refractivity contribution in [3.8, 4) is 0 Å². The van der Waals surface area contributed by atoms with Gasteiger partial charge in [0.25, 0.3) is 0 Å². The summed E-state index contributed by atoms with van der Waals surface area (Å²) in [4.78, 5) is 0. The SMILES string of the molecule is C[C@@H]1CC[C@](O)(c2ccccc2)C1. The van der Waals surface area contributed by atoms with Gasteiger partial charge in [-0.2, -0.15) is 0 Å². The zero-order chi connectivity index (χ0) is 9.31. The van der Waals surface area contributed by atoms with E-state index in [2.05, 4.69) is 6.92 Å². The first-order chi connectivity index (χ1) is 6.21. The molecule has 0 radical (unpaired) electrons. The van der Waals surface area contributed by atoms with Gasteiger partial charge in [0.2, 0.25) is 0 Å². The van der Waals surface area contributed by atoms with E-state index in [1.807, 2.05) is 30.3 Å². The predicted octanol–water partition coefficient (Wildman–Crippen LogP) is 2.69. The van der Waals surface area contributed by atoms with Crippen molar-refractivity contribution in [3.05, 3.63) is 35.9 Å². The van der Waals surface area contributed by atoms with Crippen LogP contribution in [0.25, 0.3) is 0 Å². The third kappa shape index (κ3) is 1.61. The van der Waals surface area contributed by atoms with E-state index < -0.39 is 5.60 Å². The largest absolute Gasteiger partial charge is 0.385 e. The van der Waals surface area contributed by atoms with Crippen LogP contribution in [0.5, 0.6) is 0 Å². The molecule has 70 valence electrons. The van der Waals surface area contributed by atoms with Gasteiger partial charge in [-0.25, -0.2) is 0 Å². The van der Waals surface area contributed by atoms with Gasteiger partial charge in [0.1, 0.15) is 0 Å². The molecule has 1 aliphatic rings. The zero-order valence-corrected chi connectivity index (χ0v) is 8.03. The lowest BCUT2D eigenvalue weighted by Gasteiger charge is -2.22. The van der Waals surface area contributed by atoms with Gasteiger partial charge < -0.3 is 5.11 Å². The first-order valence-electron chi connectivity index (χ1n) is 4.99. The fourth-order valence-corrected chi connectivity index (χ4v) is 2.28. The number of benzene rings is 1. The Kier molecular flexibility index (Phi) is 2.12. The Morgan fingerprint density at radius 1 is 1.31 bits per heavy atom. The summed E-state index contributed by atoms with van der Waals surface area (Å²) in [5.74, 6) is 0.658. The normalized spacial score (nSPS) is 33.5. The minimum atomic E-state index is -0.541. The highest BCUT2D eigenvalue weighted by Gasteiger charge is 2.36. The Hall–Kier alpha value is -0.820. The number of hydrogen-bond donors (Lipinski definition) is 1. The highest BCUT2D eigenvalue weighted by atomic mass is 16.3. The first kappa shape index (κ1) is 8.76. The number of aliphatic hydroxyl groups is 1. The van der Waals surface area contributed by atoms with Crippen molar-refractivity contribution in [2.75, 3.05) is 0 Å². The standard InChI is InChI=1S/C12H16O/c1-10-7-8-12(13,9-10)11-5-3-2-4-6-11/h2-6,10,13H,7-9H2,1H3/t10-,12-/m1/s1. The lowest BCUT2D eigenvalue weighted by molar-refractivity contribution is 0.0408. The van der Waals surface area contributed by atoms with Crippen LogP contribution in [-0.4, -0.2) is 5.11 Å². The van der Waals surface area contributed by atoms with Crippen molar-refractivity contribution < 1.29 is 5.11 Å². The molecule has 0 heterocycles. The molecule has 1 heteroatoms. The Bertz CT molecular complexity index is 280. The molecule has 2 atom stereocenters. The van der Waals surface area contributed by atoms with E-state index in [0.717, 1.165) is 24.8 Å². The first-order valence-corrected chi connectivity index (χ1v) is 4.99. The highest BCUT2D eigenvalue weighted by molar-refractivity contribution is 5.23. The van der Waals surface area contributed by atoms with Crippen LogP contribution < -0.4 is 0 Å². The lowest BCUT2D eigenvalue weighted by atomic mass is 9.91. The van der Waals surface area contributed by atoms with Crippen LogP contribution in [0.3, 0.4) is 0 Å². The molecule has 0 saturated heterocycles. The molecule has 0 amide bonds. The Balaban J connectivity index is 2.26. The van der Waals surface area contributed by atoms with Crippen molar-refractivity contribution in [2.24, 2.45) is 5.92 Å². The van der Waals surface area contributed by atoms with E-state index >= 15 is 0 Å². The fraction of sp³-hybridized carbons (Fsp3) is 0.500. The maximum absolute atomic E-state index is 10.3. The van der Waals surface area contributed by atoms with Crippen LogP contribution >= 0.6 is 0 Å². The predicted molar refractivity (Wildman–Crippen MR) is 53.4 cm³/mol. The van der Waals surface area contributed by atoms with Gasteiger partial charge >= 0.3 is 0 Å². The van der Waals surface area contributed by atoms with Gasteiger partial charge in [0, 0.05) is 0 Å². The van der Waals surface area contributed by atoms with Crippen LogP contribution in [0.2, 0.25) is 0 Å². The number of rotatable bonds is 1. The van der Waals surface area contributed by atoms with Gasteiger partial charge in [0.15, 0.2) is 0 Å². The monoisotopic (exact) mass is 176 g/mol. The molecule has 1 fully saturated rings. The smallest absolute Gasteiger partial charge is 0.0899 e. The van der Waals surface area contributed by atoms with Gasteiger partial charge in [-0.1, -0.05) is 37.3 Å². The van der Waals surface area contributed by atoms with E-state index in [9.17, 15) is 5.11 Å². The molecule has 0 spiro atoms. The van der Waals surface area contributed by atoms with Crippen molar-refractivity contribution in [3.63, 3.8) is 0 Å². The second-order valence-corrected chi connectivity index (χ2v) is 4.25. The fourth-order valence-electron chi connectivity index (χ4n) is 2.28. The van der Waals surface area contributed by atoms with E-state index in [-0.39, 0.29) is 0 Å². The number of hydrogen-bond acceptors (Lipinski definition) is 1. The second-order valence-electron chi connectivity index (χ2n) is 4.25. The Morgan fingerprint density at radius 2 is 2.00 bits per heavy atom. The zero-order valence-electron chi connectivity index (χ0n) is 8.03. The molecule has 1 saturated carbocycles. The molecular weight excluding hydrogens is 160 g/mol. The summed E-state index contributed by atoms with van der Waals surface area (Å²) in [5, 5.41) is 10.3. The maximum Gasteiger partial charge on any atom is 0.0899 e.